The van der Waals surface area contributed by atoms with Crippen molar-refractivity contribution in [2.45, 2.75) is 13.8 Å². The molecule has 5 heteroatoms. The van der Waals surface area contributed by atoms with Gasteiger partial charge in [-0.25, -0.2) is 4.98 Å². The smallest absolute Gasteiger partial charge is 0.309 e. The highest BCUT2D eigenvalue weighted by Crippen LogP contribution is 2.13. The zero-order valence-electron chi connectivity index (χ0n) is 7.81. The zero-order valence-corrected chi connectivity index (χ0v) is 7.81. The maximum Gasteiger partial charge on any atom is 0.309 e. The first-order chi connectivity index (χ1) is 6.58. The molecule has 14 heavy (non-hydrogen) atoms. The summed E-state index contributed by atoms with van der Waals surface area (Å²) in [5.41, 5.74) is 0. The number of nitrogens with zero attached hydrogens (tertiary/aromatic N) is 1. The number of ether oxygens (including phenoxy) is 2. The predicted octanol–water partition coefficient (Wildman–Crippen LogP) is 0.932. The largest absolute Gasteiger partial charge is 0.425 e. The third-order valence-electron chi connectivity index (χ3n) is 1.22. The Bertz CT molecular complexity index is 309. The van der Waals surface area contributed by atoms with Crippen LogP contribution in [0.25, 0.3) is 0 Å². The third-order valence-corrected chi connectivity index (χ3v) is 1.22. The summed E-state index contributed by atoms with van der Waals surface area (Å²) in [6.07, 6.45) is 1.31. The minimum atomic E-state index is -0.447. The van der Waals surface area contributed by atoms with Crippen LogP contribution in [0.1, 0.15) is 13.8 Å². The van der Waals surface area contributed by atoms with Crippen molar-refractivity contribution in [2.75, 3.05) is 0 Å². The average Bonchev–Trinajstić information content (AvgIpc) is 2.06. The number of carbonyl (C=O) groups excluding carboxylic acids is 2. The fraction of sp³-hybridized carbons (Fsp3) is 0.222. The molecule has 0 aliphatic carbocycles. The molecule has 1 heterocycles. The lowest BCUT2D eigenvalue weighted by atomic mass is 10.4. The van der Waals surface area contributed by atoms with E-state index in [0.717, 1.165) is 0 Å². The van der Waals surface area contributed by atoms with E-state index >= 15 is 0 Å². The van der Waals surface area contributed by atoms with Gasteiger partial charge in [-0.05, 0) is 6.07 Å². The summed E-state index contributed by atoms with van der Waals surface area (Å²) in [6, 6.07) is 2.94. The second kappa shape index (κ2) is 4.36. The van der Waals surface area contributed by atoms with Gasteiger partial charge in [0, 0.05) is 19.9 Å². The number of rotatable bonds is 2. The second-order valence-electron chi connectivity index (χ2n) is 2.52. The van der Waals surface area contributed by atoms with Crippen molar-refractivity contribution in [3.63, 3.8) is 0 Å². The minimum absolute atomic E-state index is 0.174. The minimum Gasteiger partial charge on any atom is -0.425 e. The lowest BCUT2D eigenvalue weighted by Gasteiger charge is -2.01. The molecule has 0 saturated heterocycles. The Labute approximate surface area is 80.7 Å². The van der Waals surface area contributed by atoms with Crippen LogP contribution in [0.5, 0.6) is 11.6 Å². The lowest BCUT2D eigenvalue weighted by molar-refractivity contribution is -0.133. The third kappa shape index (κ3) is 3.22. The Hall–Kier alpha value is -1.91. The van der Waals surface area contributed by atoms with Crippen LogP contribution in [-0.2, 0) is 9.59 Å². The van der Waals surface area contributed by atoms with Crippen molar-refractivity contribution < 1.29 is 19.1 Å². The highest BCUT2D eigenvalue weighted by molar-refractivity contribution is 5.69. The number of pyridine rings is 1. The summed E-state index contributed by atoms with van der Waals surface area (Å²) < 4.78 is 9.42. The maximum atomic E-state index is 10.5. The van der Waals surface area contributed by atoms with Crippen molar-refractivity contribution in [1.29, 1.82) is 0 Å². The van der Waals surface area contributed by atoms with Crippen LogP contribution in [0.3, 0.4) is 0 Å². The summed E-state index contributed by atoms with van der Waals surface area (Å²) in [6.45, 7) is 2.57. The quantitative estimate of drug-likeness (QED) is 0.657. The van der Waals surface area contributed by atoms with Crippen LogP contribution in [0.4, 0.5) is 0 Å². The highest BCUT2D eigenvalue weighted by Gasteiger charge is 2.01. The van der Waals surface area contributed by atoms with E-state index in [4.69, 9.17) is 4.74 Å². The van der Waals surface area contributed by atoms with Gasteiger partial charge in [-0.1, -0.05) is 0 Å². The fourth-order valence-electron chi connectivity index (χ4n) is 0.801. The van der Waals surface area contributed by atoms with Crippen molar-refractivity contribution in [3.8, 4) is 11.6 Å². The molecule has 0 amide bonds. The summed E-state index contributed by atoms with van der Waals surface area (Å²) in [4.78, 5) is 24.8. The summed E-state index contributed by atoms with van der Waals surface area (Å²) >= 11 is 0. The normalized spacial score (nSPS) is 9.29. The number of esters is 2. The van der Waals surface area contributed by atoms with Gasteiger partial charge < -0.3 is 9.47 Å². The van der Waals surface area contributed by atoms with Gasteiger partial charge in [0.15, 0.2) is 0 Å². The van der Waals surface area contributed by atoms with Crippen molar-refractivity contribution in [3.05, 3.63) is 18.3 Å². The number of hydrogen-bond acceptors (Lipinski definition) is 5. The molecule has 0 bridgehead atoms. The molecule has 1 aromatic heterocycles. The van der Waals surface area contributed by atoms with Crippen molar-refractivity contribution in [2.24, 2.45) is 0 Å². The summed E-state index contributed by atoms with van der Waals surface area (Å²) in [7, 11) is 0. The molecule has 0 radical (unpaired) electrons. The first kappa shape index (κ1) is 10.2. The molecule has 0 N–H and O–H groups in total. The average molecular weight is 195 g/mol. The molecule has 0 saturated carbocycles. The molecule has 1 rings (SSSR count). The molecule has 0 aliphatic heterocycles. The monoisotopic (exact) mass is 195 g/mol. The second-order valence-corrected chi connectivity index (χ2v) is 2.52. The van der Waals surface area contributed by atoms with Gasteiger partial charge in [-0.15, -0.1) is 0 Å². The maximum absolute atomic E-state index is 10.5. The first-order valence-corrected chi connectivity index (χ1v) is 3.91. The van der Waals surface area contributed by atoms with Gasteiger partial charge in [0.25, 0.3) is 0 Å². The van der Waals surface area contributed by atoms with E-state index in [-0.39, 0.29) is 5.88 Å². The highest BCUT2D eigenvalue weighted by atomic mass is 16.5. The number of carbonyl (C=O) groups is 2. The van der Waals surface area contributed by atoms with Crippen LogP contribution in [0.15, 0.2) is 18.3 Å². The van der Waals surface area contributed by atoms with Crippen molar-refractivity contribution >= 4 is 11.9 Å². The van der Waals surface area contributed by atoms with Gasteiger partial charge in [0.2, 0.25) is 5.88 Å². The van der Waals surface area contributed by atoms with Crippen LogP contribution >= 0.6 is 0 Å². The van der Waals surface area contributed by atoms with Crippen LogP contribution in [-0.4, -0.2) is 16.9 Å². The Morgan fingerprint density at radius 2 is 1.79 bits per heavy atom. The molecular weight excluding hydrogens is 186 g/mol. The Morgan fingerprint density at radius 1 is 1.14 bits per heavy atom. The first-order valence-electron chi connectivity index (χ1n) is 3.91. The Morgan fingerprint density at radius 3 is 2.21 bits per heavy atom. The van der Waals surface area contributed by atoms with E-state index in [1.807, 2.05) is 0 Å². The van der Waals surface area contributed by atoms with Gasteiger partial charge in [-0.3, -0.25) is 9.59 Å². The van der Waals surface area contributed by atoms with Gasteiger partial charge in [0.05, 0.1) is 6.20 Å². The molecule has 0 spiro atoms. The van der Waals surface area contributed by atoms with Gasteiger partial charge >= 0.3 is 11.9 Å². The van der Waals surface area contributed by atoms with E-state index < -0.39 is 11.9 Å². The molecule has 0 aromatic carbocycles. The molecule has 0 fully saturated rings. The predicted molar refractivity (Wildman–Crippen MR) is 46.9 cm³/mol. The lowest BCUT2D eigenvalue weighted by Crippen LogP contribution is -2.04. The molecule has 0 aliphatic rings. The Balaban J connectivity index is 2.68. The SMILES string of the molecule is CC(=O)Oc1ccc(OC(C)=O)nc1. The fourth-order valence-corrected chi connectivity index (χ4v) is 0.801. The van der Waals surface area contributed by atoms with Crippen LogP contribution < -0.4 is 9.47 Å². The topological polar surface area (TPSA) is 65.5 Å². The van der Waals surface area contributed by atoms with E-state index in [1.165, 1.54) is 32.2 Å². The molecular formula is C9H9NO4. The van der Waals surface area contributed by atoms with Crippen LogP contribution in [0, 0.1) is 0 Å². The molecule has 5 nitrogen and oxygen atoms in total. The molecule has 0 unspecified atom stereocenters. The molecule has 74 valence electrons. The zero-order chi connectivity index (χ0) is 10.6. The Kier molecular flexibility index (Phi) is 3.17. The van der Waals surface area contributed by atoms with E-state index in [9.17, 15) is 9.59 Å². The van der Waals surface area contributed by atoms with Gasteiger partial charge in [-0.2, -0.15) is 0 Å². The van der Waals surface area contributed by atoms with Gasteiger partial charge in [0.1, 0.15) is 5.75 Å². The number of aromatic nitrogens is 1. The van der Waals surface area contributed by atoms with E-state index in [2.05, 4.69) is 9.72 Å². The van der Waals surface area contributed by atoms with E-state index in [1.54, 1.807) is 0 Å². The standard InChI is InChI=1S/C9H9NO4/c1-6(11)13-8-3-4-9(10-5-8)14-7(2)12/h3-5H,1-2H3. The van der Waals surface area contributed by atoms with Crippen LogP contribution in [0.2, 0.25) is 0 Å². The van der Waals surface area contributed by atoms with Crippen molar-refractivity contribution in [1.82, 2.24) is 4.98 Å². The summed E-state index contributed by atoms with van der Waals surface area (Å²) in [5.74, 6) is -0.383. The molecule has 1 aromatic rings. The number of hydrogen-bond donors (Lipinski definition) is 0. The summed E-state index contributed by atoms with van der Waals surface area (Å²) in [5, 5.41) is 0. The van der Waals surface area contributed by atoms with E-state index in [0.29, 0.717) is 5.75 Å². The molecule has 0 atom stereocenters.